The van der Waals surface area contributed by atoms with Gasteiger partial charge in [0.05, 0.1) is 11.2 Å². The van der Waals surface area contributed by atoms with Gasteiger partial charge < -0.3 is 5.32 Å². The molecule has 0 saturated heterocycles. The number of nitrogens with one attached hydrogen (secondary N) is 1. The summed E-state index contributed by atoms with van der Waals surface area (Å²) in [6.07, 6.45) is 8.16. The molecule has 122 valence electrons. The SMILES string of the molecule is O=Cc1cc2c(NC(=O)CC3=C4C5CC(C3)CC4C5)cccn2n1. The Labute approximate surface area is 139 Å². The fourth-order valence-corrected chi connectivity index (χ4v) is 5.09. The van der Waals surface area contributed by atoms with E-state index in [-0.39, 0.29) is 5.91 Å². The summed E-state index contributed by atoms with van der Waals surface area (Å²) in [7, 11) is 0. The van der Waals surface area contributed by atoms with Gasteiger partial charge in [0.2, 0.25) is 5.91 Å². The van der Waals surface area contributed by atoms with Crippen molar-refractivity contribution in [1.29, 1.82) is 0 Å². The third-order valence-corrected chi connectivity index (χ3v) is 5.92. The maximum absolute atomic E-state index is 12.6. The summed E-state index contributed by atoms with van der Waals surface area (Å²) in [4.78, 5) is 23.5. The van der Waals surface area contributed by atoms with E-state index in [4.69, 9.17) is 0 Å². The summed E-state index contributed by atoms with van der Waals surface area (Å²) in [5, 5.41) is 7.16. The first-order valence-corrected chi connectivity index (χ1v) is 8.66. The Morgan fingerprint density at radius 2 is 2.17 bits per heavy atom. The molecule has 4 bridgehead atoms. The largest absolute Gasteiger partial charge is 0.324 e. The highest BCUT2D eigenvalue weighted by molar-refractivity contribution is 5.97. The van der Waals surface area contributed by atoms with Crippen LogP contribution in [0.4, 0.5) is 5.69 Å². The summed E-state index contributed by atoms with van der Waals surface area (Å²) >= 11 is 0. The molecule has 2 aromatic heterocycles. The molecule has 2 atom stereocenters. The molecule has 3 fully saturated rings. The first-order chi connectivity index (χ1) is 11.7. The fraction of sp³-hybridized carbons (Fsp3) is 0.421. The summed E-state index contributed by atoms with van der Waals surface area (Å²) < 4.78 is 1.62. The molecule has 3 saturated carbocycles. The average molecular weight is 321 g/mol. The van der Waals surface area contributed by atoms with Crippen LogP contribution in [0.2, 0.25) is 0 Å². The number of pyridine rings is 1. The number of hydrogen-bond acceptors (Lipinski definition) is 3. The topological polar surface area (TPSA) is 63.5 Å². The Bertz CT molecular complexity index is 881. The summed E-state index contributed by atoms with van der Waals surface area (Å²) in [6, 6.07) is 5.37. The van der Waals surface area contributed by atoms with Crippen LogP contribution in [-0.2, 0) is 4.79 Å². The van der Waals surface area contributed by atoms with E-state index in [0.717, 1.165) is 36.0 Å². The number of nitrogens with zero attached hydrogens (tertiary/aromatic N) is 2. The molecule has 5 aliphatic rings. The van der Waals surface area contributed by atoms with Crippen LogP contribution in [0.5, 0.6) is 0 Å². The van der Waals surface area contributed by atoms with Crippen molar-refractivity contribution in [2.45, 2.75) is 32.1 Å². The van der Waals surface area contributed by atoms with Crippen LogP contribution in [0, 0.1) is 17.8 Å². The molecular weight excluding hydrogens is 302 g/mol. The Morgan fingerprint density at radius 3 is 2.92 bits per heavy atom. The number of aldehydes is 1. The maximum Gasteiger partial charge on any atom is 0.228 e. The zero-order chi connectivity index (χ0) is 16.3. The van der Waals surface area contributed by atoms with E-state index in [2.05, 4.69) is 10.4 Å². The van der Waals surface area contributed by atoms with Gasteiger partial charge in [0.1, 0.15) is 5.69 Å². The molecule has 2 unspecified atom stereocenters. The van der Waals surface area contributed by atoms with E-state index < -0.39 is 0 Å². The van der Waals surface area contributed by atoms with Crippen LogP contribution in [0.3, 0.4) is 0 Å². The molecule has 0 aromatic carbocycles. The van der Waals surface area contributed by atoms with Gasteiger partial charge in [-0.2, -0.15) is 5.10 Å². The zero-order valence-corrected chi connectivity index (χ0v) is 13.4. The highest BCUT2D eigenvalue weighted by Crippen LogP contribution is 2.59. The van der Waals surface area contributed by atoms with E-state index >= 15 is 0 Å². The van der Waals surface area contributed by atoms with Crippen LogP contribution in [-0.4, -0.2) is 21.8 Å². The van der Waals surface area contributed by atoms with Crippen molar-refractivity contribution in [3.05, 3.63) is 41.2 Å². The Balaban J connectivity index is 1.38. The molecule has 0 spiro atoms. The minimum absolute atomic E-state index is 0.0337. The van der Waals surface area contributed by atoms with Gasteiger partial charge in [0, 0.05) is 12.6 Å². The van der Waals surface area contributed by atoms with Crippen LogP contribution >= 0.6 is 0 Å². The van der Waals surface area contributed by atoms with E-state index in [0.29, 0.717) is 17.8 Å². The molecule has 5 nitrogen and oxygen atoms in total. The van der Waals surface area contributed by atoms with E-state index in [1.807, 2.05) is 12.1 Å². The van der Waals surface area contributed by atoms with Crippen LogP contribution in [0.25, 0.3) is 5.52 Å². The van der Waals surface area contributed by atoms with Gasteiger partial charge in [0.25, 0.3) is 0 Å². The molecule has 7 rings (SSSR count). The minimum Gasteiger partial charge on any atom is -0.324 e. The lowest BCUT2D eigenvalue weighted by atomic mass is 9.51. The van der Waals surface area contributed by atoms with Crippen molar-refractivity contribution >= 4 is 23.4 Å². The molecular formula is C19H19N3O2. The van der Waals surface area contributed by atoms with Gasteiger partial charge in [0.15, 0.2) is 6.29 Å². The Kier molecular flexibility index (Phi) is 2.93. The molecule has 5 aliphatic carbocycles. The van der Waals surface area contributed by atoms with E-state index in [1.54, 1.807) is 22.4 Å². The van der Waals surface area contributed by atoms with E-state index in [9.17, 15) is 9.59 Å². The van der Waals surface area contributed by atoms with Gasteiger partial charge >= 0.3 is 0 Å². The number of hydrogen-bond donors (Lipinski definition) is 1. The normalized spacial score (nSPS) is 27.2. The first-order valence-electron chi connectivity index (χ1n) is 8.66. The number of anilines is 1. The third kappa shape index (κ3) is 2.04. The quantitative estimate of drug-likeness (QED) is 0.694. The molecule has 1 N–H and O–H groups in total. The number of rotatable bonds is 4. The highest BCUT2D eigenvalue weighted by Gasteiger charge is 2.47. The van der Waals surface area contributed by atoms with Gasteiger partial charge in [-0.05, 0) is 61.6 Å². The van der Waals surface area contributed by atoms with Crippen LogP contribution in [0.1, 0.15) is 42.6 Å². The van der Waals surface area contributed by atoms with Gasteiger partial charge in [-0.3, -0.25) is 9.59 Å². The second-order valence-corrected chi connectivity index (χ2v) is 7.39. The van der Waals surface area contributed by atoms with Crippen molar-refractivity contribution in [1.82, 2.24) is 9.61 Å². The van der Waals surface area contributed by atoms with Crippen molar-refractivity contribution in [2.24, 2.45) is 17.8 Å². The van der Waals surface area contributed by atoms with Crippen LogP contribution < -0.4 is 5.32 Å². The summed E-state index contributed by atoms with van der Waals surface area (Å²) in [6.45, 7) is 0. The molecule has 0 aliphatic heterocycles. The third-order valence-electron chi connectivity index (χ3n) is 5.92. The second kappa shape index (κ2) is 5.03. The average Bonchev–Trinajstić information content (AvgIpc) is 2.98. The standard InChI is InChI=1S/C19H19N3O2/c23-10-15-9-17-16(2-1-3-22(17)21-15)20-18(24)8-14-6-11-4-12-7-13(5-11)19(12)14/h1-3,9-13H,4-8H2,(H,20,24). The van der Waals surface area contributed by atoms with Crippen molar-refractivity contribution < 1.29 is 9.59 Å². The number of allylic oxidation sites excluding steroid dienone is 1. The zero-order valence-electron chi connectivity index (χ0n) is 13.4. The maximum atomic E-state index is 12.6. The van der Waals surface area contributed by atoms with E-state index in [1.165, 1.54) is 24.8 Å². The lowest BCUT2D eigenvalue weighted by Gasteiger charge is -2.54. The number of amides is 1. The summed E-state index contributed by atoms with van der Waals surface area (Å²) in [5.74, 6) is 2.39. The van der Waals surface area contributed by atoms with Gasteiger partial charge in [-0.25, -0.2) is 4.52 Å². The van der Waals surface area contributed by atoms with Crippen LogP contribution in [0.15, 0.2) is 35.5 Å². The number of fused-ring (bicyclic) bond motifs is 2. The smallest absolute Gasteiger partial charge is 0.228 e. The lowest BCUT2D eigenvalue weighted by Crippen LogP contribution is -2.42. The van der Waals surface area contributed by atoms with Gasteiger partial charge in [-0.1, -0.05) is 11.1 Å². The molecule has 5 heteroatoms. The Hall–Kier alpha value is -2.43. The lowest BCUT2D eigenvalue weighted by molar-refractivity contribution is -0.115. The number of aromatic nitrogens is 2. The molecule has 0 radical (unpaired) electrons. The van der Waals surface area contributed by atoms with Gasteiger partial charge in [-0.15, -0.1) is 0 Å². The Morgan fingerprint density at radius 1 is 1.33 bits per heavy atom. The first kappa shape index (κ1) is 14.0. The molecule has 1 amide bonds. The van der Waals surface area contributed by atoms with Crippen molar-refractivity contribution in [3.63, 3.8) is 0 Å². The monoisotopic (exact) mass is 321 g/mol. The molecule has 24 heavy (non-hydrogen) atoms. The fourth-order valence-electron chi connectivity index (χ4n) is 5.09. The minimum atomic E-state index is 0.0337. The predicted molar refractivity (Wildman–Crippen MR) is 89.8 cm³/mol. The number of carbonyl (C=O) groups is 2. The van der Waals surface area contributed by atoms with Crippen molar-refractivity contribution in [2.75, 3.05) is 5.32 Å². The highest BCUT2D eigenvalue weighted by atomic mass is 16.1. The summed E-state index contributed by atoms with van der Waals surface area (Å²) in [5.41, 5.74) is 4.83. The van der Waals surface area contributed by atoms with Crippen molar-refractivity contribution in [3.8, 4) is 0 Å². The molecule has 2 heterocycles. The number of carbonyl (C=O) groups excluding carboxylic acids is 2. The second-order valence-electron chi connectivity index (χ2n) is 7.39. The predicted octanol–water partition coefficient (Wildman–Crippen LogP) is 3.22. The molecule has 2 aromatic rings.